The van der Waals surface area contributed by atoms with Crippen molar-refractivity contribution in [2.45, 2.75) is 18.8 Å². The quantitative estimate of drug-likeness (QED) is 0.692. The van der Waals surface area contributed by atoms with E-state index in [1.165, 1.54) is 0 Å². The third-order valence-electron chi connectivity index (χ3n) is 2.78. The van der Waals surface area contributed by atoms with Crippen molar-refractivity contribution in [3.63, 3.8) is 0 Å². The topological polar surface area (TPSA) is 43.6 Å². The van der Waals surface area contributed by atoms with E-state index >= 15 is 0 Å². The van der Waals surface area contributed by atoms with Crippen LogP contribution < -0.4 is 0 Å². The predicted octanol–water partition coefficient (Wildman–Crippen LogP) is 3.52. The first kappa shape index (κ1) is 12.8. The lowest BCUT2D eigenvalue weighted by Crippen LogP contribution is -2.05. The number of aryl methyl sites for hydroxylation is 2. The molecule has 0 aromatic carbocycles. The van der Waals surface area contributed by atoms with E-state index in [9.17, 15) is 0 Å². The lowest BCUT2D eigenvalue weighted by atomic mass is 10.4. The summed E-state index contributed by atoms with van der Waals surface area (Å²) in [4.78, 5) is 13.1. The Morgan fingerprint density at radius 2 is 2.21 bits per heavy atom. The summed E-state index contributed by atoms with van der Waals surface area (Å²) in [5.74, 6) is 1.16. The van der Waals surface area contributed by atoms with Crippen LogP contribution in [-0.4, -0.2) is 19.5 Å². The van der Waals surface area contributed by atoms with Crippen LogP contribution in [0.3, 0.4) is 0 Å². The zero-order chi connectivity index (χ0) is 13.2. The number of aromatic nitrogens is 4. The van der Waals surface area contributed by atoms with E-state index in [1.54, 1.807) is 23.6 Å². The van der Waals surface area contributed by atoms with E-state index < -0.39 is 0 Å². The Balaban J connectivity index is 1.96. The zero-order valence-corrected chi connectivity index (χ0v) is 12.2. The SMILES string of the molecule is ClCc1nc2cc(Cl)cnc2n1CCc1nccs1. The van der Waals surface area contributed by atoms with Crippen LogP contribution in [-0.2, 0) is 18.8 Å². The van der Waals surface area contributed by atoms with Crippen molar-refractivity contribution in [3.05, 3.63) is 39.7 Å². The van der Waals surface area contributed by atoms with E-state index in [1.807, 2.05) is 16.1 Å². The molecule has 0 unspecified atom stereocenters. The highest BCUT2D eigenvalue weighted by Crippen LogP contribution is 2.20. The summed E-state index contributed by atoms with van der Waals surface area (Å²) in [6.07, 6.45) is 4.29. The number of alkyl halides is 1. The molecule has 0 amide bonds. The monoisotopic (exact) mass is 312 g/mol. The van der Waals surface area contributed by atoms with E-state index in [2.05, 4.69) is 15.0 Å². The molecule has 0 bridgehead atoms. The minimum Gasteiger partial charge on any atom is -0.311 e. The lowest BCUT2D eigenvalue weighted by Gasteiger charge is -2.05. The smallest absolute Gasteiger partial charge is 0.160 e. The van der Waals surface area contributed by atoms with Gasteiger partial charge in [-0.1, -0.05) is 11.6 Å². The third-order valence-corrected chi connectivity index (χ3v) is 4.07. The number of rotatable bonds is 4. The second-order valence-corrected chi connectivity index (χ2v) is 5.67. The summed E-state index contributed by atoms with van der Waals surface area (Å²) in [6, 6.07) is 1.81. The molecule has 0 atom stereocenters. The predicted molar refractivity (Wildman–Crippen MR) is 77.9 cm³/mol. The van der Waals surface area contributed by atoms with Crippen molar-refractivity contribution in [2.75, 3.05) is 0 Å². The average molecular weight is 313 g/mol. The molecule has 0 aliphatic rings. The van der Waals surface area contributed by atoms with Crippen LogP contribution >= 0.6 is 34.5 Å². The van der Waals surface area contributed by atoms with Crippen molar-refractivity contribution in [1.82, 2.24) is 19.5 Å². The lowest BCUT2D eigenvalue weighted by molar-refractivity contribution is 0.680. The molecule has 4 nitrogen and oxygen atoms in total. The number of fused-ring (bicyclic) bond motifs is 1. The van der Waals surface area contributed by atoms with Crippen molar-refractivity contribution < 1.29 is 0 Å². The molecule has 0 aliphatic carbocycles. The summed E-state index contributed by atoms with van der Waals surface area (Å²) in [7, 11) is 0. The van der Waals surface area contributed by atoms with E-state index in [0.717, 1.165) is 35.0 Å². The van der Waals surface area contributed by atoms with Crippen LogP contribution in [0.5, 0.6) is 0 Å². The van der Waals surface area contributed by atoms with Gasteiger partial charge in [-0.25, -0.2) is 15.0 Å². The number of thiazole rings is 1. The molecule has 0 spiro atoms. The van der Waals surface area contributed by atoms with Gasteiger partial charge in [-0.2, -0.15) is 0 Å². The molecule has 3 aromatic rings. The molecule has 0 N–H and O–H groups in total. The number of imidazole rings is 1. The van der Waals surface area contributed by atoms with Gasteiger partial charge in [0.25, 0.3) is 0 Å². The highest BCUT2D eigenvalue weighted by atomic mass is 35.5. The fourth-order valence-corrected chi connectivity index (χ4v) is 2.92. The molecule has 3 heterocycles. The average Bonchev–Trinajstić information content (AvgIpc) is 3.02. The summed E-state index contributed by atoms with van der Waals surface area (Å²) < 4.78 is 2.03. The van der Waals surface area contributed by atoms with Gasteiger partial charge < -0.3 is 4.57 Å². The van der Waals surface area contributed by atoms with Gasteiger partial charge in [0.15, 0.2) is 5.65 Å². The number of pyridine rings is 1. The summed E-state index contributed by atoms with van der Waals surface area (Å²) in [5.41, 5.74) is 1.60. The molecule has 3 aromatic heterocycles. The van der Waals surface area contributed by atoms with Crippen LogP contribution in [0.2, 0.25) is 5.02 Å². The van der Waals surface area contributed by atoms with Crippen LogP contribution in [0.15, 0.2) is 23.8 Å². The molecule has 0 saturated carbocycles. The molecular formula is C12H10Cl2N4S. The Labute approximate surface area is 124 Å². The number of hydrogen-bond acceptors (Lipinski definition) is 4. The Morgan fingerprint density at radius 3 is 2.95 bits per heavy atom. The number of nitrogens with zero attached hydrogens (tertiary/aromatic N) is 4. The first-order chi connectivity index (χ1) is 9.28. The van der Waals surface area contributed by atoms with E-state index in [-0.39, 0.29) is 0 Å². The maximum atomic E-state index is 5.95. The zero-order valence-electron chi connectivity index (χ0n) is 9.88. The first-order valence-corrected chi connectivity index (χ1v) is 7.52. The van der Waals surface area contributed by atoms with Crippen LogP contribution in [0.4, 0.5) is 0 Å². The highest BCUT2D eigenvalue weighted by molar-refractivity contribution is 7.09. The van der Waals surface area contributed by atoms with Crippen molar-refractivity contribution >= 4 is 45.7 Å². The van der Waals surface area contributed by atoms with Crippen molar-refractivity contribution in [2.24, 2.45) is 0 Å². The third kappa shape index (κ3) is 2.59. The maximum absolute atomic E-state index is 5.95. The first-order valence-electron chi connectivity index (χ1n) is 5.73. The standard InChI is InChI=1S/C12H10Cl2N4S/c13-6-10-17-9-5-8(14)7-16-12(9)18(10)3-1-11-15-2-4-19-11/h2,4-5,7H,1,3,6H2. The van der Waals surface area contributed by atoms with Crippen LogP contribution in [0.1, 0.15) is 10.8 Å². The molecule has 19 heavy (non-hydrogen) atoms. The summed E-state index contributed by atoms with van der Waals surface area (Å²) in [5, 5.41) is 3.65. The fourth-order valence-electron chi connectivity index (χ4n) is 1.95. The number of hydrogen-bond donors (Lipinski definition) is 0. The minimum atomic E-state index is 0.353. The number of halogens is 2. The van der Waals surface area contributed by atoms with Gasteiger partial charge in [-0.3, -0.25) is 0 Å². The molecule has 0 radical (unpaired) electrons. The Morgan fingerprint density at radius 1 is 1.32 bits per heavy atom. The second-order valence-electron chi connectivity index (χ2n) is 3.99. The van der Waals surface area contributed by atoms with Gasteiger partial charge in [0.1, 0.15) is 11.3 Å². The normalized spacial score (nSPS) is 11.3. The van der Waals surface area contributed by atoms with Gasteiger partial charge in [0.05, 0.1) is 15.9 Å². The second kappa shape index (κ2) is 5.45. The molecule has 0 saturated heterocycles. The van der Waals surface area contributed by atoms with Gasteiger partial charge in [0, 0.05) is 30.7 Å². The molecule has 3 rings (SSSR count). The van der Waals surface area contributed by atoms with Gasteiger partial charge >= 0.3 is 0 Å². The van der Waals surface area contributed by atoms with Gasteiger partial charge in [-0.05, 0) is 6.07 Å². The van der Waals surface area contributed by atoms with E-state index in [0.29, 0.717) is 10.9 Å². The molecule has 0 fully saturated rings. The molecule has 0 aliphatic heterocycles. The fraction of sp³-hybridized carbons (Fsp3) is 0.250. The minimum absolute atomic E-state index is 0.353. The molecule has 7 heteroatoms. The summed E-state index contributed by atoms with van der Waals surface area (Å²) in [6.45, 7) is 0.765. The Kier molecular flexibility index (Phi) is 3.68. The van der Waals surface area contributed by atoms with Gasteiger partial charge in [0.2, 0.25) is 0 Å². The summed E-state index contributed by atoms with van der Waals surface area (Å²) >= 11 is 13.5. The van der Waals surface area contributed by atoms with Crippen LogP contribution in [0.25, 0.3) is 11.2 Å². The van der Waals surface area contributed by atoms with E-state index in [4.69, 9.17) is 23.2 Å². The highest BCUT2D eigenvalue weighted by Gasteiger charge is 2.12. The van der Waals surface area contributed by atoms with Crippen molar-refractivity contribution in [3.8, 4) is 0 Å². The molecular weight excluding hydrogens is 303 g/mol. The Hall–Kier alpha value is -1.17. The molecule has 98 valence electrons. The maximum Gasteiger partial charge on any atom is 0.160 e. The van der Waals surface area contributed by atoms with Gasteiger partial charge in [-0.15, -0.1) is 22.9 Å². The van der Waals surface area contributed by atoms with Crippen LogP contribution in [0, 0.1) is 0 Å². The largest absolute Gasteiger partial charge is 0.311 e. The van der Waals surface area contributed by atoms with Crippen molar-refractivity contribution in [1.29, 1.82) is 0 Å². The Bertz CT molecular complexity index is 693.